The van der Waals surface area contributed by atoms with Gasteiger partial charge in [-0.2, -0.15) is 5.10 Å². The number of rotatable bonds is 4. The molecule has 0 aliphatic carbocycles. The van der Waals surface area contributed by atoms with Gasteiger partial charge in [-0.15, -0.1) is 0 Å². The van der Waals surface area contributed by atoms with E-state index in [0.717, 1.165) is 0 Å². The Morgan fingerprint density at radius 3 is 2.68 bits per heavy atom. The first kappa shape index (κ1) is 16.6. The summed E-state index contributed by atoms with van der Waals surface area (Å²) < 4.78 is 25.6. The fourth-order valence-electron chi connectivity index (χ4n) is 2.39. The standard InChI is InChI=1S/C13H20N4O4S/c1-2-10-22(20,21)17-7-3-6-16(8-9-17)13(19)11-4-5-12(18)15-14-11/h4-5H,2-3,6-10H2,1H3,(H,15,18). The Morgan fingerprint density at radius 2 is 2.05 bits per heavy atom. The van der Waals surface area contributed by atoms with Crippen molar-refractivity contribution < 1.29 is 13.2 Å². The van der Waals surface area contributed by atoms with Crippen molar-refractivity contribution in [1.82, 2.24) is 19.4 Å². The first-order valence-corrected chi connectivity index (χ1v) is 8.88. The van der Waals surface area contributed by atoms with E-state index >= 15 is 0 Å². The van der Waals surface area contributed by atoms with Crippen molar-refractivity contribution in [2.24, 2.45) is 0 Å². The van der Waals surface area contributed by atoms with Crippen molar-refractivity contribution >= 4 is 15.9 Å². The Kier molecular flexibility index (Phi) is 5.30. The SMILES string of the molecule is CCCS(=O)(=O)N1CCCN(C(=O)c2ccc(=O)[nH]n2)CC1. The lowest BCUT2D eigenvalue weighted by Gasteiger charge is -2.21. The quantitative estimate of drug-likeness (QED) is 0.814. The van der Waals surface area contributed by atoms with Gasteiger partial charge in [-0.1, -0.05) is 6.92 Å². The third-order valence-electron chi connectivity index (χ3n) is 3.50. The van der Waals surface area contributed by atoms with Gasteiger partial charge in [0.2, 0.25) is 10.0 Å². The summed E-state index contributed by atoms with van der Waals surface area (Å²) in [6, 6.07) is 2.62. The third-order valence-corrected chi connectivity index (χ3v) is 5.57. The number of carbonyl (C=O) groups excluding carboxylic acids is 1. The number of nitrogens with one attached hydrogen (secondary N) is 1. The molecule has 1 saturated heterocycles. The summed E-state index contributed by atoms with van der Waals surface area (Å²) in [6.45, 7) is 3.33. The van der Waals surface area contributed by atoms with Gasteiger partial charge in [0.05, 0.1) is 5.75 Å². The normalized spacial score (nSPS) is 17.2. The van der Waals surface area contributed by atoms with E-state index < -0.39 is 10.0 Å². The molecule has 1 aliphatic rings. The molecule has 1 N–H and O–H groups in total. The van der Waals surface area contributed by atoms with Gasteiger partial charge in [-0.3, -0.25) is 9.59 Å². The van der Waals surface area contributed by atoms with Gasteiger partial charge in [0.1, 0.15) is 5.69 Å². The van der Waals surface area contributed by atoms with E-state index in [1.807, 2.05) is 6.92 Å². The highest BCUT2D eigenvalue weighted by molar-refractivity contribution is 7.89. The monoisotopic (exact) mass is 328 g/mol. The molecule has 1 aliphatic heterocycles. The summed E-state index contributed by atoms with van der Waals surface area (Å²) in [7, 11) is -3.24. The summed E-state index contributed by atoms with van der Waals surface area (Å²) in [5.74, 6) is -0.173. The molecule has 1 fully saturated rings. The summed E-state index contributed by atoms with van der Waals surface area (Å²) in [6.07, 6.45) is 1.15. The first-order chi connectivity index (χ1) is 10.4. The van der Waals surface area contributed by atoms with Crippen molar-refractivity contribution in [3.63, 3.8) is 0 Å². The Labute approximate surface area is 129 Å². The molecule has 0 aromatic carbocycles. The number of sulfonamides is 1. The molecule has 0 unspecified atom stereocenters. The number of carbonyl (C=O) groups is 1. The topological polar surface area (TPSA) is 103 Å². The lowest BCUT2D eigenvalue weighted by atomic mass is 10.3. The molecule has 2 heterocycles. The third kappa shape index (κ3) is 3.92. The van der Waals surface area contributed by atoms with Crippen LogP contribution < -0.4 is 5.56 Å². The number of aromatic amines is 1. The molecule has 1 aromatic rings. The predicted octanol–water partition coefficient (Wildman–Crippen LogP) is -0.342. The smallest absolute Gasteiger partial charge is 0.274 e. The van der Waals surface area contributed by atoms with E-state index in [1.54, 1.807) is 4.90 Å². The average Bonchev–Trinajstić information content (AvgIpc) is 2.73. The van der Waals surface area contributed by atoms with Crippen LogP contribution in [0.15, 0.2) is 16.9 Å². The Bertz CT molecular complexity index is 665. The largest absolute Gasteiger partial charge is 0.336 e. The molecular weight excluding hydrogens is 308 g/mol. The second kappa shape index (κ2) is 7.01. The van der Waals surface area contributed by atoms with Gasteiger partial charge in [0.25, 0.3) is 11.5 Å². The molecule has 0 bridgehead atoms. The van der Waals surface area contributed by atoms with E-state index in [0.29, 0.717) is 32.5 Å². The van der Waals surface area contributed by atoms with Crippen molar-refractivity contribution in [2.45, 2.75) is 19.8 Å². The van der Waals surface area contributed by atoms with Crippen molar-refractivity contribution in [3.05, 3.63) is 28.2 Å². The van der Waals surface area contributed by atoms with Crippen LogP contribution in [0, 0.1) is 0 Å². The van der Waals surface area contributed by atoms with E-state index in [9.17, 15) is 18.0 Å². The first-order valence-electron chi connectivity index (χ1n) is 7.27. The minimum absolute atomic E-state index is 0.127. The number of nitrogens with zero attached hydrogens (tertiary/aromatic N) is 3. The molecule has 0 saturated carbocycles. The molecule has 2 rings (SSSR count). The van der Waals surface area contributed by atoms with Gasteiger partial charge in [-0.25, -0.2) is 17.8 Å². The van der Waals surface area contributed by atoms with Crippen LogP contribution in [-0.2, 0) is 10.0 Å². The molecule has 8 nitrogen and oxygen atoms in total. The highest BCUT2D eigenvalue weighted by Crippen LogP contribution is 2.11. The molecule has 22 heavy (non-hydrogen) atoms. The van der Waals surface area contributed by atoms with E-state index in [1.165, 1.54) is 16.4 Å². The number of amides is 1. The number of aromatic nitrogens is 2. The Balaban J connectivity index is 2.05. The Morgan fingerprint density at radius 1 is 1.27 bits per heavy atom. The van der Waals surface area contributed by atoms with Gasteiger partial charge < -0.3 is 4.90 Å². The van der Waals surface area contributed by atoms with Gasteiger partial charge in [0, 0.05) is 32.2 Å². The molecule has 0 spiro atoms. The van der Waals surface area contributed by atoms with Crippen molar-refractivity contribution in [3.8, 4) is 0 Å². The summed E-state index contributed by atoms with van der Waals surface area (Å²) in [5, 5.41) is 5.95. The zero-order chi connectivity index (χ0) is 16.2. The predicted molar refractivity (Wildman–Crippen MR) is 81.0 cm³/mol. The maximum atomic E-state index is 12.3. The Hall–Kier alpha value is -1.74. The van der Waals surface area contributed by atoms with Crippen LogP contribution >= 0.6 is 0 Å². The van der Waals surface area contributed by atoms with Crippen molar-refractivity contribution in [2.75, 3.05) is 31.9 Å². The minimum atomic E-state index is -3.24. The molecule has 122 valence electrons. The van der Waals surface area contributed by atoms with E-state index in [-0.39, 0.29) is 29.5 Å². The fraction of sp³-hybridized carbons (Fsp3) is 0.615. The minimum Gasteiger partial charge on any atom is -0.336 e. The highest BCUT2D eigenvalue weighted by atomic mass is 32.2. The maximum absolute atomic E-state index is 12.3. The van der Waals surface area contributed by atoms with Crippen LogP contribution in [0.25, 0.3) is 0 Å². The molecule has 0 radical (unpaired) electrons. The summed E-state index contributed by atoms with van der Waals surface area (Å²) >= 11 is 0. The van der Waals surface area contributed by atoms with Gasteiger partial charge >= 0.3 is 0 Å². The molecule has 1 amide bonds. The van der Waals surface area contributed by atoms with Gasteiger partial charge in [0.15, 0.2) is 0 Å². The molecule has 0 atom stereocenters. The summed E-state index contributed by atoms with van der Waals surface area (Å²) in [5.41, 5.74) is -0.214. The number of hydrogen-bond donors (Lipinski definition) is 1. The maximum Gasteiger partial charge on any atom is 0.274 e. The second-order valence-corrected chi connectivity index (χ2v) is 7.26. The average molecular weight is 328 g/mol. The fourth-order valence-corrected chi connectivity index (χ4v) is 3.93. The van der Waals surface area contributed by atoms with Crippen LogP contribution in [0.2, 0.25) is 0 Å². The van der Waals surface area contributed by atoms with E-state index in [2.05, 4.69) is 10.2 Å². The van der Waals surface area contributed by atoms with Crippen LogP contribution in [0.1, 0.15) is 30.3 Å². The lowest BCUT2D eigenvalue weighted by Crippen LogP contribution is -2.38. The number of hydrogen-bond acceptors (Lipinski definition) is 5. The van der Waals surface area contributed by atoms with Crippen molar-refractivity contribution in [1.29, 1.82) is 0 Å². The van der Waals surface area contributed by atoms with Crippen LogP contribution in [0.5, 0.6) is 0 Å². The van der Waals surface area contributed by atoms with Crippen LogP contribution in [0.3, 0.4) is 0 Å². The van der Waals surface area contributed by atoms with Crippen LogP contribution in [0.4, 0.5) is 0 Å². The highest BCUT2D eigenvalue weighted by Gasteiger charge is 2.26. The van der Waals surface area contributed by atoms with E-state index in [4.69, 9.17) is 0 Å². The zero-order valence-corrected chi connectivity index (χ0v) is 13.3. The molecular formula is C13H20N4O4S. The zero-order valence-electron chi connectivity index (χ0n) is 12.5. The summed E-state index contributed by atoms with van der Waals surface area (Å²) in [4.78, 5) is 24.9. The van der Waals surface area contributed by atoms with Gasteiger partial charge in [-0.05, 0) is 18.9 Å². The van der Waals surface area contributed by atoms with Crippen LogP contribution in [-0.4, -0.2) is 65.7 Å². The molecule has 1 aromatic heterocycles. The molecule has 9 heteroatoms. The second-order valence-electron chi connectivity index (χ2n) is 5.17. The lowest BCUT2D eigenvalue weighted by molar-refractivity contribution is 0.0757. The number of H-pyrrole nitrogens is 1.